The molecule has 0 aromatic heterocycles. The normalized spacial score (nSPS) is 11.0. The van der Waals surface area contributed by atoms with E-state index in [9.17, 15) is 0 Å². The summed E-state index contributed by atoms with van der Waals surface area (Å²) in [5.41, 5.74) is 0. The molecular weight excluding hydrogens is 1000 g/mol. The van der Waals surface area contributed by atoms with E-state index in [0.29, 0.717) is 0 Å². The Balaban J connectivity index is 0.000000105. The van der Waals surface area contributed by atoms with Gasteiger partial charge in [-0.05, 0) is 129 Å². The first-order valence-corrected chi connectivity index (χ1v) is 24.9. The van der Waals surface area contributed by atoms with Crippen LogP contribution in [-0.4, -0.2) is 0 Å². The van der Waals surface area contributed by atoms with Gasteiger partial charge in [0.05, 0.1) is 0 Å². The van der Waals surface area contributed by atoms with E-state index in [1.54, 1.807) is 0 Å². The second-order valence-corrected chi connectivity index (χ2v) is 18.5. The molecule has 0 aliphatic heterocycles. The third-order valence-corrected chi connectivity index (χ3v) is 14.6. The second kappa shape index (κ2) is 21.1. The summed E-state index contributed by atoms with van der Waals surface area (Å²) < 4.78 is 0. The number of fused-ring (bicyclic) bond motifs is 24. The maximum absolute atomic E-state index is 2.21. The van der Waals surface area contributed by atoms with Gasteiger partial charge in [0.15, 0.2) is 0 Å². The van der Waals surface area contributed by atoms with Crippen LogP contribution >= 0.6 is 9.90 Å². The Kier molecular flexibility index (Phi) is 13.7. The van der Waals surface area contributed by atoms with Gasteiger partial charge in [-0.25, -0.2) is 0 Å². The van der Waals surface area contributed by atoms with Crippen LogP contribution in [0.4, 0.5) is 0 Å². The van der Waals surface area contributed by atoms with Crippen LogP contribution < -0.4 is 0 Å². The van der Waals surface area contributed by atoms with E-state index in [2.05, 4.69) is 291 Å². The minimum absolute atomic E-state index is 0. The number of rotatable bonds is 0. The van der Waals surface area contributed by atoms with Gasteiger partial charge in [0.25, 0.3) is 0 Å². The van der Waals surface area contributed by atoms with Gasteiger partial charge in [-0.15, -0.1) is 0 Å². The van der Waals surface area contributed by atoms with Gasteiger partial charge in [-0.1, -0.05) is 291 Å². The molecular formula is C72H51PPd. The van der Waals surface area contributed by atoms with Gasteiger partial charge in [0, 0.05) is 20.4 Å². The van der Waals surface area contributed by atoms with Crippen molar-refractivity contribution in [3.05, 3.63) is 291 Å². The quantitative estimate of drug-likeness (QED) is 0.0807. The molecule has 0 aliphatic carbocycles. The van der Waals surface area contributed by atoms with Crippen LogP contribution in [-0.2, 0) is 20.4 Å². The van der Waals surface area contributed by atoms with Crippen LogP contribution in [0.3, 0.4) is 0 Å². The summed E-state index contributed by atoms with van der Waals surface area (Å²) in [6.07, 6.45) is 0. The van der Waals surface area contributed by atoms with Crippen molar-refractivity contribution in [2.45, 2.75) is 0 Å². The van der Waals surface area contributed by atoms with Crippen molar-refractivity contribution in [3.8, 4) is 0 Å². The molecule has 16 aromatic carbocycles. The summed E-state index contributed by atoms with van der Waals surface area (Å²) in [7, 11) is 0. The molecule has 2 heteroatoms. The summed E-state index contributed by atoms with van der Waals surface area (Å²) in [4.78, 5) is 0. The third-order valence-electron chi connectivity index (χ3n) is 14.6. The molecule has 0 fully saturated rings. The molecule has 354 valence electrons. The Bertz CT molecular complexity index is 3220. The molecule has 16 aromatic rings. The van der Waals surface area contributed by atoms with Crippen LogP contribution in [0.5, 0.6) is 0 Å². The van der Waals surface area contributed by atoms with Crippen molar-refractivity contribution in [1.29, 1.82) is 0 Å². The first kappa shape index (κ1) is 48.0. The van der Waals surface area contributed by atoms with Crippen LogP contribution in [0.2, 0.25) is 0 Å². The van der Waals surface area contributed by atoms with Crippen molar-refractivity contribution in [2.75, 3.05) is 0 Å². The molecule has 1 unspecified atom stereocenters. The fourth-order valence-corrected chi connectivity index (χ4v) is 11.4. The van der Waals surface area contributed by atoms with E-state index in [0.717, 1.165) is 0 Å². The van der Waals surface area contributed by atoms with Gasteiger partial charge in [-0.3, -0.25) is 0 Å². The molecule has 0 saturated heterocycles. The average Bonchev–Trinajstić information content (AvgIpc) is 3.48. The molecule has 0 heterocycles. The Morgan fingerprint density at radius 2 is 0.135 bits per heavy atom. The predicted molar refractivity (Wildman–Crippen MR) is 327 cm³/mol. The first-order valence-electron chi connectivity index (χ1n) is 24.9. The van der Waals surface area contributed by atoms with E-state index in [4.69, 9.17) is 0 Å². The van der Waals surface area contributed by atoms with Crippen molar-refractivity contribution in [1.82, 2.24) is 0 Å². The molecule has 0 spiro atoms. The van der Waals surface area contributed by atoms with Crippen LogP contribution in [0.25, 0.3) is 129 Å². The molecule has 0 bridgehead atoms. The third kappa shape index (κ3) is 8.50. The fourth-order valence-electron chi connectivity index (χ4n) is 11.4. The number of hydrogen-bond donors (Lipinski definition) is 0. The molecule has 0 saturated carbocycles. The summed E-state index contributed by atoms with van der Waals surface area (Å²) in [6, 6.07) is 104. The first-order chi connectivity index (χ1) is 35.8. The molecule has 0 amide bonds. The predicted octanol–water partition coefficient (Wildman–Crippen LogP) is 20.6. The monoisotopic (exact) mass is 1050 g/mol. The van der Waals surface area contributed by atoms with E-state index in [1.807, 2.05) is 0 Å². The summed E-state index contributed by atoms with van der Waals surface area (Å²) in [6.45, 7) is 0. The molecule has 0 radical (unpaired) electrons. The second-order valence-electron chi connectivity index (χ2n) is 18.5. The number of hydrogen-bond acceptors (Lipinski definition) is 0. The Morgan fingerprint density at radius 3 is 0.176 bits per heavy atom. The van der Waals surface area contributed by atoms with E-state index in [-0.39, 0.29) is 30.3 Å². The maximum atomic E-state index is 2.21. The SMILES string of the molecule is P.[Pd].c1ccc2c(c1)c1ccccc1c1ccccc21.c1ccc2c(c1)c1ccccc1c1ccccc21.c1ccc2c(c1)c1ccccc1c1ccccc21.c1ccc2c(c1)c1ccccc1c1ccccc21. The van der Waals surface area contributed by atoms with E-state index < -0.39 is 0 Å². The molecule has 0 N–H and O–H groups in total. The standard InChI is InChI=1S/4C18H12.H3P.Pd/c4*1-2-8-14-13(7-1)15-9-3-4-11-17(15)18-12-6-5-10-16(14)18;;/h4*1-12H;1H3;. The molecule has 1 atom stereocenters. The summed E-state index contributed by atoms with van der Waals surface area (Å²) >= 11 is 0. The van der Waals surface area contributed by atoms with Gasteiger partial charge >= 0.3 is 0 Å². The molecule has 0 aliphatic rings. The Hall–Kier alpha value is -8.27. The Morgan fingerprint density at radius 1 is 0.0946 bits per heavy atom. The van der Waals surface area contributed by atoms with Crippen molar-refractivity contribution in [3.63, 3.8) is 0 Å². The average molecular weight is 1050 g/mol. The summed E-state index contributed by atoms with van der Waals surface area (Å²) in [5, 5.41) is 32.2. The van der Waals surface area contributed by atoms with E-state index in [1.165, 1.54) is 129 Å². The zero-order valence-corrected chi connectivity index (χ0v) is 43.7. The zero-order chi connectivity index (χ0) is 47.8. The molecule has 16 rings (SSSR count). The molecule has 74 heavy (non-hydrogen) atoms. The van der Waals surface area contributed by atoms with Crippen LogP contribution in [0.1, 0.15) is 0 Å². The van der Waals surface area contributed by atoms with Crippen LogP contribution in [0.15, 0.2) is 291 Å². The minimum atomic E-state index is 0. The van der Waals surface area contributed by atoms with E-state index >= 15 is 0 Å². The van der Waals surface area contributed by atoms with Crippen molar-refractivity contribution < 1.29 is 20.4 Å². The molecule has 0 nitrogen and oxygen atoms in total. The number of benzene rings is 16. The minimum Gasteiger partial charge on any atom is -0.153 e. The van der Waals surface area contributed by atoms with Gasteiger partial charge < -0.3 is 0 Å². The summed E-state index contributed by atoms with van der Waals surface area (Å²) in [5.74, 6) is 0. The largest absolute Gasteiger partial charge is 0.153 e. The van der Waals surface area contributed by atoms with Gasteiger partial charge in [0.2, 0.25) is 0 Å². The van der Waals surface area contributed by atoms with Crippen molar-refractivity contribution >= 4 is 139 Å². The smallest absolute Gasteiger partial charge is 0 e. The maximum Gasteiger partial charge on any atom is 0 e. The van der Waals surface area contributed by atoms with Gasteiger partial charge in [0.1, 0.15) is 0 Å². The fraction of sp³-hybridized carbons (Fsp3) is 0. The van der Waals surface area contributed by atoms with Gasteiger partial charge in [-0.2, -0.15) is 9.90 Å². The topological polar surface area (TPSA) is 0 Å². The van der Waals surface area contributed by atoms with Crippen LogP contribution in [0, 0.1) is 0 Å². The van der Waals surface area contributed by atoms with Crippen molar-refractivity contribution in [2.24, 2.45) is 0 Å². The Labute approximate surface area is 447 Å². The zero-order valence-electron chi connectivity index (χ0n) is 40.7.